The second kappa shape index (κ2) is 13.1. The molecular weight excluding hydrogens is 536 g/mol. The van der Waals surface area contributed by atoms with Gasteiger partial charge in [0, 0.05) is 23.1 Å². The molecule has 188 valence electrons. The molecule has 0 saturated carbocycles. The maximum Gasteiger partial charge on any atom is 0.355 e. The third kappa shape index (κ3) is 7.12. The number of hydrogen-bond donors (Lipinski definition) is 2. The number of ether oxygens (including phenoxy) is 2. The summed E-state index contributed by atoms with van der Waals surface area (Å²) in [6.45, 7) is -0.416. The number of alkyl halides is 1. The van der Waals surface area contributed by atoms with Crippen LogP contribution in [0.4, 0.5) is 0 Å². The number of aliphatic carboxylic acids is 1. The second-order valence-electron chi connectivity index (χ2n) is 7.15. The molecule has 0 bridgehead atoms. The highest BCUT2D eigenvalue weighted by molar-refractivity contribution is 8.11. The van der Waals surface area contributed by atoms with Gasteiger partial charge in [0.25, 0.3) is 5.91 Å². The predicted molar refractivity (Wildman–Crippen MR) is 137 cm³/mol. The number of rotatable bonds is 9. The first-order chi connectivity index (χ1) is 16.8. The molecule has 0 aromatic heterocycles. The van der Waals surface area contributed by atoms with Gasteiger partial charge in [0.2, 0.25) is 5.91 Å². The molecule has 1 aromatic rings. The zero-order chi connectivity index (χ0) is 25.4. The fraction of sp³-hybridized carbons (Fsp3) is 0.364. The summed E-state index contributed by atoms with van der Waals surface area (Å²) in [6.07, 6.45) is 0. The number of nitrogens with one attached hydrogen (secondary N) is 1. The number of esters is 1. The summed E-state index contributed by atoms with van der Waals surface area (Å²) in [7, 11) is 1.55. The Morgan fingerprint density at radius 1 is 1.11 bits per heavy atom. The Labute approximate surface area is 220 Å². The summed E-state index contributed by atoms with van der Waals surface area (Å²) in [5.74, 6) is -0.489. The monoisotopic (exact) mass is 558 g/mol. The molecule has 0 spiro atoms. The van der Waals surface area contributed by atoms with E-state index in [1.165, 1.54) is 16.7 Å². The van der Waals surface area contributed by atoms with Crippen molar-refractivity contribution in [2.24, 2.45) is 0 Å². The van der Waals surface area contributed by atoms with E-state index in [2.05, 4.69) is 5.32 Å². The number of methoxy groups -OCH3 is 1. The number of halogens is 1. The Balaban J connectivity index is 1.68. The number of carbonyl (C=O) groups excluding carboxylic acids is 3. The fourth-order valence-electron chi connectivity index (χ4n) is 3.15. The Bertz CT molecular complexity index is 1060. The average molecular weight is 559 g/mol. The Kier molecular flexibility index (Phi) is 10.3. The number of amides is 2. The van der Waals surface area contributed by atoms with Gasteiger partial charge < -0.3 is 19.9 Å². The van der Waals surface area contributed by atoms with Crippen molar-refractivity contribution in [3.05, 3.63) is 50.9 Å². The number of carboxylic acid groups (broad SMARTS) is 1. The van der Waals surface area contributed by atoms with Gasteiger partial charge >= 0.3 is 11.9 Å². The van der Waals surface area contributed by atoms with Crippen LogP contribution in [0.3, 0.4) is 0 Å². The highest BCUT2D eigenvalue weighted by Crippen LogP contribution is 2.34. The zero-order valence-electron chi connectivity index (χ0n) is 18.7. The molecule has 0 aliphatic carbocycles. The van der Waals surface area contributed by atoms with Gasteiger partial charge in [-0.2, -0.15) is 0 Å². The molecular formula is C22H23ClN2O7S3. The summed E-state index contributed by atoms with van der Waals surface area (Å²) >= 11 is 9.68. The van der Waals surface area contributed by atoms with Gasteiger partial charge in [-0.1, -0.05) is 12.1 Å². The van der Waals surface area contributed by atoms with Crippen LogP contribution in [-0.2, 0) is 30.5 Å². The van der Waals surface area contributed by atoms with Crippen LogP contribution in [0, 0.1) is 0 Å². The van der Waals surface area contributed by atoms with E-state index >= 15 is 0 Å². The molecule has 1 aromatic carbocycles. The third-order valence-electron chi connectivity index (χ3n) is 4.87. The molecule has 0 saturated heterocycles. The molecule has 9 nitrogen and oxygen atoms in total. The van der Waals surface area contributed by atoms with Gasteiger partial charge in [-0.15, -0.1) is 46.9 Å². The Hall–Kier alpha value is -2.28. The molecule has 0 fully saturated rings. The SMILES string of the molecule is COc1ccc(COC(=O)C2=C(CCl)CSCN2C(=O)CNC(=O)C2=C(C(=O)O)SCCS2)cc1. The minimum Gasteiger partial charge on any atom is -0.497 e. The van der Waals surface area contributed by atoms with Crippen LogP contribution in [0.1, 0.15) is 5.56 Å². The summed E-state index contributed by atoms with van der Waals surface area (Å²) in [5.41, 5.74) is 1.37. The first kappa shape index (κ1) is 27.3. The summed E-state index contributed by atoms with van der Waals surface area (Å²) in [4.78, 5) is 51.2. The van der Waals surface area contributed by atoms with Crippen molar-refractivity contribution in [3.8, 4) is 5.75 Å². The molecule has 0 radical (unpaired) electrons. The van der Waals surface area contributed by atoms with Gasteiger partial charge in [-0.05, 0) is 23.3 Å². The Morgan fingerprint density at radius 2 is 1.80 bits per heavy atom. The van der Waals surface area contributed by atoms with Gasteiger partial charge in [-0.25, -0.2) is 9.59 Å². The first-order valence-corrected chi connectivity index (χ1v) is 14.0. The van der Waals surface area contributed by atoms with Crippen LogP contribution >= 0.6 is 46.9 Å². The van der Waals surface area contributed by atoms with E-state index in [9.17, 15) is 24.3 Å². The zero-order valence-corrected chi connectivity index (χ0v) is 21.9. The van der Waals surface area contributed by atoms with Gasteiger partial charge in [-0.3, -0.25) is 14.5 Å². The maximum absolute atomic E-state index is 13.0. The van der Waals surface area contributed by atoms with Gasteiger partial charge in [0.1, 0.15) is 23.0 Å². The highest BCUT2D eigenvalue weighted by Gasteiger charge is 2.32. The molecule has 13 heteroatoms. The minimum absolute atomic E-state index is 0.00515. The second-order valence-corrected chi connectivity index (χ2v) is 10.6. The standard InChI is InChI=1S/C22H23ClN2O7S3/c1-31-15-4-2-13(3-5-15)10-32-22(30)17-14(8-23)11-33-12-25(17)16(26)9-24-20(27)18-19(21(28)29)35-7-6-34-18/h2-5H,6-12H2,1H3,(H,24,27)(H,28,29). The summed E-state index contributed by atoms with van der Waals surface area (Å²) in [5, 5.41) is 11.8. The normalized spacial score (nSPS) is 16.1. The van der Waals surface area contributed by atoms with E-state index in [0.717, 1.165) is 29.1 Å². The van der Waals surface area contributed by atoms with E-state index in [1.807, 2.05) is 0 Å². The Morgan fingerprint density at radius 3 is 2.43 bits per heavy atom. The number of thioether (sulfide) groups is 3. The largest absolute Gasteiger partial charge is 0.497 e. The lowest BCUT2D eigenvalue weighted by Crippen LogP contribution is -2.44. The fourth-order valence-corrected chi connectivity index (χ4v) is 6.72. The van der Waals surface area contributed by atoms with Gasteiger partial charge in [0.15, 0.2) is 0 Å². The van der Waals surface area contributed by atoms with E-state index in [4.69, 9.17) is 21.1 Å². The molecule has 2 N–H and O–H groups in total. The number of benzene rings is 1. The summed E-state index contributed by atoms with van der Waals surface area (Å²) < 4.78 is 10.6. The van der Waals surface area contributed by atoms with Crippen LogP contribution in [-0.4, -0.2) is 76.4 Å². The lowest BCUT2D eigenvalue weighted by atomic mass is 10.2. The summed E-state index contributed by atoms with van der Waals surface area (Å²) in [6, 6.07) is 7.02. The van der Waals surface area contributed by atoms with E-state index in [-0.39, 0.29) is 33.9 Å². The van der Waals surface area contributed by atoms with Crippen LogP contribution in [0.5, 0.6) is 5.75 Å². The van der Waals surface area contributed by atoms with Crippen LogP contribution < -0.4 is 10.1 Å². The number of carbonyl (C=O) groups is 4. The van der Waals surface area contributed by atoms with Crippen molar-refractivity contribution in [1.29, 1.82) is 0 Å². The number of carboxylic acids is 1. The van der Waals surface area contributed by atoms with Crippen molar-refractivity contribution < 1.29 is 33.8 Å². The van der Waals surface area contributed by atoms with Crippen molar-refractivity contribution in [2.75, 3.05) is 42.7 Å². The van der Waals surface area contributed by atoms with Crippen molar-refractivity contribution >= 4 is 70.6 Å². The molecule has 2 heterocycles. The number of nitrogens with zero attached hydrogens (tertiary/aromatic N) is 1. The van der Waals surface area contributed by atoms with Crippen molar-refractivity contribution in [1.82, 2.24) is 10.2 Å². The van der Waals surface area contributed by atoms with Crippen LogP contribution in [0.2, 0.25) is 0 Å². The van der Waals surface area contributed by atoms with E-state index < -0.39 is 30.3 Å². The molecule has 0 atom stereocenters. The minimum atomic E-state index is -1.18. The lowest BCUT2D eigenvalue weighted by molar-refractivity contribution is -0.145. The smallest absolute Gasteiger partial charge is 0.355 e. The molecule has 35 heavy (non-hydrogen) atoms. The first-order valence-electron chi connectivity index (χ1n) is 10.3. The number of hydrogen-bond acceptors (Lipinski definition) is 9. The molecule has 3 rings (SSSR count). The maximum atomic E-state index is 13.0. The molecule has 0 unspecified atom stereocenters. The van der Waals surface area contributed by atoms with E-state index in [1.54, 1.807) is 31.4 Å². The average Bonchev–Trinajstić information content (AvgIpc) is 2.89. The lowest BCUT2D eigenvalue weighted by Gasteiger charge is -2.30. The van der Waals surface area contributed by atoms with Crippen molar-refractivity contribution in [2.45, 2.75) is 6.61 Å². The van der Waals surface area contributed by atoms with Crippen molar-refractivity contribution in [3.63, 3.8) is 0 Å². The quantitative estimate of drug-likeness (QED) is 0.345. The highest BCUT2D eigenvalue weighted by atomic mass is 35.5. The molecule has 2 amide bonds. The molecule has 2 aliphatic rings. The molecule has 2 aliphatic heterocycles. The van der Waals surface area contributed by atoms with E-state index in [0.29, 0.717) is 28.6 Å². The predicted octanol–water partition coefficient (Wildman–Crippen LogP) is 2.66. The third-order valence-corrected chi connectivity index (χ3v) is 8.73. The van der Waals surface area contributed by atoms with Crippen LogP contribution in [0.25, 0.3) is 0 Å². The van der Waals surface area contributed by atoms with Gasteiger partial charge in [0.05, 0.1) is 24.4 Å². The van der Waals surface area contributed by atoms with Crippen LogP contribution in [0.15, 0.2) is 45.3 Å². The topological polar surface area (TPSA) is 122 Å².